The molecule has 1 aromatic heterocycles. The normalized spacial score (nSPS) is 12.5. The van der Waals surface area contributed by atoms with Crippen LogP contribution in [-0.4, -0.2) is 44.1 Å². The fraction of sp³-hybridized carbons (Fsp3) is 0.643. The summed E-state index contributed by atoms with van der Waals surface area (Å²) in [6.45, 7) is 6.48. The van der Waals surface area contributed by atoms with E-state index in [1.807, 2.05) is 6.07 Å². The molecule has 0 unspecified atom stereocenters. The molecule has 114 valence electrons. The van der Waals surface area contributed by atoms with E-state index in [1.54, 1.807) is 18.0 Å². The van der Waals surface area contributed by atoms with Crippen LogP contribution in [0.4, 0.5) is 5.82 Å². The lowest BCUT2D eigenvalue weighted by Gasteiger charge is -2.23. The minimum Gasteiger partial charge on any atom is -0.392 e. The van der Waals surface area contributed by atoms with Crippen molar-refractivity contribution in [3.05, 3.63) is 23.4 Å². The van der Waals surface area contributed by atoms with Crippen molar-refractivity contribution in [3.8, 4) is 0 Å². The lowest BCUT2D eigenvalue weighted by Crippen LogP contribution is -2.27. The number of sulfone groups is 1. The van der Waals surface area contributed by atoms with Gasteiger partial charge in [-0.25, -0.2) is 13.4 Å². The molecule has 0 aromatic carbocycles. The Kier molecular flexibility index (Phi) is 5.15. The summed E-state index contributed by atoms with van der Waals surface area (Å²) in [5.74, 6) is 0.768. The standard InChI is InChI=1S/C14H24N2O3S/c1-14(2,3)12-8-11(10-17)9-13(15-12)16(4)6-7-20(5,18)19/h8-9,17H,6-7,10H2,1-5H3. The number of nitrogens with zero attached hydrogens (tertiary/aromatic N) is 2. The van der Waals surface area contributed by atoms with Crippen LogP contribution in [0.15, 0.2) is 12.1 Å². The fourth-order valence-electron chi connectivity index (χ4n) is 1.66. The van der Waals surface area contributed by atoms with Gasteiger partial charge in [0.1, 0.15) is 15.7 Å². The molecule has 0 aliphatic heterocycles. The molecule has 0 spiro atoms. The second kappa shape index (κ2) is 6.10. The number of anilines is 1. The van der Waals surface area contributed by atoms with E-state index in [4.69, 9.17) is 0 Å². The van der Waals surface area contributed by atoms with E-state index in [2.05, 4.69) is 25.8 Å². The molecule has 0 fully saturated rings. The van der Waals surface area contributed by atoms with Gasteiger partial charge in [0.25, 0.3) is 0 Å². The predicted octanol–water partition coefficient (Wildman–Crippen LogP) is 1.35. The smallest absolute Gasteiger partial charge is 0.149 e. The zero-order valence-electron chi connectivity index (χ0n) is 12.8. The van der Waals surface area contributed by atoms with Gasteiger partial charge >= 0.3 is 0 Å². The number of aromatic nitrogens is 1. The van der Waals surface area contributed by atoms with Gasteiger partial charge in [0.2, 0.25) is 0 Å². The third-order valence-corrected chi connectivity index (χ3v) is 3.94. The lowest BCUT2D eigenvalue weighted by molar-refractivity contribution is 0.281. The molecule has 0 aliphatic carbocycles. The highest BCUT2D eigenvalue weighted by molar-refractivity contribution is 7.90. The quantitative estimate of drug-likeness (QED) is 0.889. The summed E-state index contributed by atoms with van der Waals surface area (Å²) in [5.41, 5.74) is 1.54. The highest BCUT2D eigenvalue weighted by Gasteiger charge is 2.18. The molecule has 20 heavy (non-hydrogen) atoms. The Balaban J connectivity index is 3.05. The van der Waals surface area contributed by atoms with Crippen molar-refractivity contribution in [2.75, 3.05) is 30.5 Å². The van der Waals surface area contributed by atoms with Gasteiger partial charge in [0.15, 0.2) is 0 Å². The summed E-state index contributed by atoms with van der Waals surface area (Å²) in [7, 11) is -1.19. The Morgan fingerprint density at radius 3 is 2.35 bits per heavy atom. The topological polar surface area (TPSA) is 70.5 Å². The number of aliphatic hydroxyl groups excluding tert-OH is 1. The van der Waals surface area contributed by atoms with Gasteiger partial charge in [0.05, 0.1) is 12.4 Å². The molecule has 0 radical (unpaired) electrons. The number of pyridine rings is 1. The van der Waals surface area contributed by atoms with E-state index in [0.29, 0.717) is 12.4 Å². The van der Waals surface area contributed by atoms with Crippen LogP contribution in [0.25, 0.3) is 0 Å². The summed E-state index contributed by atoms with van der Waals surface area (Å²) < 4.78 is 22.5. The third-order valence-electron chi connectivity index (χ3n) is 3.01. The molecule has 0 aliphatic rings. The van der Waals surface area contributed by atoms with Crippen molar-refractivity contribution in [1.29, 1.82) is 0 Å². The second-order valence-corrected chi connectivity index (χ2v) is 8.44. The van der Waals surface area contributed by atoms with Gasteiger partial charge in [0, 0.05) is 31.0 Å². The first-order valence-corrected chi connectivity index (χ1v) is 8.60. The van der Waals surface area contributed by atoms with E-state index in [9.17, 15) is 13.5 Å². The molecular weight excluding hydrogens is 276 g/mol. The highest BCUT2D eigenvalue weighted by atomic mass is 32.2. The zero-order chi connectivity index (χ0) is 15.6. The van der Waals surface area contributed by atoms with E-state index < -0.39 is 9.84 Å². The van der Waals surface area contributed by atoms with E-state index >= 15 is 0 Å². The van der Waals surface area contributed by atoms with Gasteiger partial charge in [-0.1, -0.05) is 20.8 Å². The molecule has 1 aromatic rings. The largest absolute Gasteiger partial charge is 0.392 e. The van der Waals surface area contributed by atoms with Crippen LogP contribution in [0.3, 0.4) is 0 Å². The van der Waals surface area contributed by atoms with Crippen molar-refractivity contribution in [2.45, 2.75) is 32.8 Å². The van der Waals surface area contributed by atoms with E-state index in [-0.39, 0.29) is 17.8 Å². The Morgan fingerprint density at radius 1 is 1.30 bits per heavy atom. The number of hydrogen-bond donors (Lipinski definition) is 1. The summed E-state index contributed by atoms with van der Waals surface area (Å²) in [6, 6.07) is 3.67. The maximum atomic E-state index is 11.2. The van der Waals surface area contributed by atoms with Crippen LogP contribution >= 0.6 is 0 Å². The third kappa shape index (κ3) is 5.09. The fourth-order valence-corrected chi connectivity index (χ4v) is 2.26. The highest BCUT2D eigenvalue weighted by Crippen LogP contribution is 2.24. The number of hydrogen-bond acceptors (Lipinski definition) is 5. The monoisotopic (exact) mass is 300 g/mol. The van der Waals surface area contributed by atoms with E-state index in [1.165, 1.54) is 6.26 Å². The van der Waals surface area contributed by atoms with Crippen molar-refractivity contribution in [3.63, 3.8) is 0 Å². The molecular formula is C14H24N2O3S. The maximum absolute atomic E-state index is 11.2. The maximum Gasteiger partial charge on any atom is 0.149 e. The number of rotatable bonds is 5. The van der Waals surface area contributed by atoms with Crippen molar-refractivity contribution >= 4 is 15.7 Å². The SMILES string of the molecule is CN(CCS(C)(=O)=O)c1cc(CO)cc(C(C)(C)C)n1. The molecule has 1 rings (SSSR count). The molecule has 6 heteroatoms. The molecule has 0 bridgehead atoms. The molecule has 0 saturated carbocycles. The molecule has 0 atom stereocenters. The Bertz CT molecular complexity index is 562. The van der Waals surface area contributed by atoms with Crippen molar-refractivity contribution < 1.29 is 13.5 Å². The van der Waals surface area contributed by atoms with Gasteiger partial charge < -0.3 is 10.0 Å². The molecule has 5 nitrogen and oxygen atoms in total. The Morgan fingerprint density at radius 2 is 1.90 bits per heavy atom. The predicted molar refractivity (Wildman–Crippen MR) is 81.8 cm³/mol. The minimum atomic E-state index is -3.00. The lowest BCUT2D eigenvalue weighted by atomic mass is 9.91. The average molecular weight is 300 g/mol. The first kappa shape index (κ1) is 16.9. The molecule has 1 heterocycles. The summed E-state index contributed by atoms with van der Waals surface area (Å²) >= 11 is 0. The molecule has 0 amide bonds. The van der Waals surface area contributed by atoms with Crippen LogP contribution in [0.2, 0.25) is 0 Å². The van der Waals surface area contributed by atoms with Crippen LogP contribution in [0, 0.1) is 0 Å². The number of aliphatic hydroxyl groups is 1. The van der Waals surface area contributed by atoms with Crippen LogP contribution in [-0.2, 0) is 21.9 Å². The summed E-state index contributed by atoms with van der Waals surface area (Å²) in [6.07, 6.45) is 1.22. The minimum absolute atomic E-state index is 0.0570. The van der Waals surface area contributed by atoms with Crippen molar-refractivity contribution in [1.82, 2.24) is 4.98 Å². The van der Waals surface area contributed by atoms with Crippen LogP contribution in [0.5, 0.6) is 0 Å². The summed E-state index contributed by atoms with van der Waals surface area (Å²) in [5, 5.41) is 9.35. The van der Waals surface area contributed by atoms with Gasteiger partial charge in [-0.15, -0.1) is 0 Å². The molecule has 0 saturated heterocycles. The van der Waals surface area contributed by atoms with Crippen molar-refractivity contribution in [2.24, 2.45) is 0 Å². The zero-order valence-corrected chi connectivity index (χ0v) is 13.7. The average Bonchev–Trinajstić information content (AvgIpc) is 2.33. The Labute approximate surface area is 121 Å². The first-order valence-electron chi connectivity index (χ1n) is 6.54. The first-order chi connectivity index (χ1) is 9.03. The van der Waals surface area contributed by atoms with Gasteiger partial charge in [-0.05, 0) is 17.7 Å². The summed E-state index contributed by atoms with van der Waals surface area (Å²) in [4.78, 5) is 6.37. The van der Waals surface area contributed by atoms with Gasteiger partial charge in [-0.2, -0.15) is 0 Å². The van der Waals surface area contributed by atoms with E-state index in [0.717, 1.165) is 11.3 Å². The second-order valence-electron chi connectivity index (χ2n) is 6.18. The van der Waals surface area contributed by atoms with Crippen LogP contribution in [0.1, 0.15) is 32.0 Å². The van der Waals surface area contributed by atoms with Gasteiger partial charge in [-0.3, -0.25) is 0 Å². The molecule has 1 N–H and O–H groups in total. The van der Waals surface area contributed by atoms with Crippen LogP contribution < -0.4 is 4.90 Å². The Hall–Kier alpha value is -1.14.